The van der Waals surface area contributed by atoms with Gasteiger partial charge in [-0.25, -0.2) is 9.67 Å². The third-order valence-electron chi connectivity index (χ3n) is 2.37. The standard InChI is InChI=1S/C9H16N4/c1-7(2)12-8-3-4-9-10-6-11-13(9)5-8/h6-8,12H,3-5H2,1-2H3. The fourth-order valence-corrected chi connectivity index (χ4v) is 1.85. The van der Waals surface area contributed by atoms with Crippen LogP contribution in [0.3, 0.4) is 0 Å². The molecule has 4 heteroatoms. The Labute approximate surface area is 78.4 Å². The zero-order valence-corrected chi connectivity index (χ0v) is 8.20. The van der Waals surface area contributed by atoms with Gasteiger partial charge in [0.1, 0.15) is 12.2 Å². The number of aryl methyl sites for hydroxylation is 1. The lowest BCUT2D eigenvalue weighted by molar-refractivity contribution is 0.339. The van der Waals surface area contributed by atoms with Crippen molar-refractivity contribution in [3.63, 3.8) is 0 Å². The van der Waals surface area contributed by atoms with Crippen LogP contribution in [0.2, 0.25) is 0 Å². The number of hydrogen-bond acceptors (Lipinski definition) is 3. The zero-order valence-electron chi connectivity index (χ0n) is 8.20. The molecule has 1 aromatic heterocycles. The van der Waals surface area contributed by atoms with Crippen LogP contribution in [0.4, 0.5) is 0 Å². The Bertz CT molecular complexity index is 279. The molecule has 0 saturated carbocycles. The molecule has 1 N–H and O–H groups in total. The lowest BCUT2D eigenvalue weighted by Gasteiger charge is -2.25. The molecule has 13 heavy (non-hydrogen) atoms. The summed E-state index contributed by atoms with van der Waals surface area (Å²) >= 11 is 0. The van der Waals surface area contributed by atoms with Crippen LogP contribution in [0.15, 0.2) is 6.33 Å². The number of nitrogens with one attached hydrogen (secondary N) is 1. The molecule has 4 nitrogen and oxygen atoms in total. The molecule has 1 aliphatic heterocycles. The summed E-state index contributed by atoms with van der Waals surface area (Å²) in [5.74, 6) is 1.13. The van der Waals surface area contributed by atoms with E-state index in [9.17, 15) is 0 Å². The van der Waals surface area contributed by atoms with Gasteiger partial charge in [0, 0.05) is 18.5 Å². The first-order chi connectivity index (χ1) is 6.25. The summed E-state index contributed by atoms with van der Waals surface area (Å²) in [6.45, 7) is 5.32. The van der Waals surface area contributed by atoms with Crippen molar-refractivity contribution in [2.45, 2.75) is 45.3 Å². The van der Waals surface area contributed by atoms with Gasteiger partial charge in [0.2, 0.25) is 0 Å². The average Bonchev–Trinajstić information content (AvgIpc) is 2.49. The molecule has 0 aromatic carbocycles. The van der Waals surface area contributed by atoms with Crippen molar-refractivity contribution in [3.05, 3.63) is 12.2 Å². The van der Waals surface area contributed by atoms with Crippen molar-refractivity contribution in [2.75, 3.05) is 0 Å². The highest BCUT2D eigenvalue weighted by molar-refractivity contribution is 4.92. The van der Waals surface area contributed by atoms with Crippen LogP contribution in [0.5, 0.6) is 0 Å². The van der Waals surface area contributed by atoms with Gasteiger partial charge in [-0.3, -0.25) is 0 Å². The number of rotatable bonds is 2. The Hall–Kier alpha value is -0.900. The van der Waals surface area contributed by atoms with Gasteiger partial charge in [0.15, 0.2) is 0 Å². The normalized spacial score (nSPS) is 21.9. The number of nitrogens with zero attached hydrogens (tertiary/aromatic N) is 3. The molecular weight excluding hydrogens is 164 g/mol. The first-order valence-electron chi connectivity index (χ1n) is 4.88. The molecule has 1 aromatic rings. The van der Waals surface area contributed by atoms with E-state index in [1.807, 2.05) is 4.68 Å². The van der Waals surface area contributed by atoms with E-state index in [2.05, 4.69) is 29.2 Å². The molecule has 0 bridgehead atoms. The van der Waals surface area contributed by atoms with Gasteiger partial charge < -0.3 is 5.32 Å². The zero-order chi connectivity index (χ0) is 9.26. The van der Waals surface area contributed by atoms with Crippen LogP contribution in [0, 0.1) is 0 Å². The average molecular weight is 180 g/mol. The van der Waals surface area contributed by atoms with Crippen molar-refractivity contribution in [1.29, 1.82) is 0 Å². The Balaban J connectivity index is 2.00. The lowest BCUT2D eigenvalue weighted by atomic mass is 10.1. The second kappa shape index (κ2) is 3.46. The molecule has 72 valence electrons. The molecule has 0 aliphatic carbocycles. The monoisotopic (exact) mass is 180 g/mol. The third kappa shape index (κ3) is 1.88. The van der Waals surface area contributed by atoms with Crippen LogP contribution in [0.25, 0.3) is 0 Å². The molecule has 1 aliphatic rings. The highest BCUT2D eigenvalue weighted by atomic mass is 15.3. The SMILES string of the molecule is CC(C)NC1CCc2ncnn2C1. The molecule has 0 fully saturated rings. The van der Waals surface area contributed by atoms with Gasteiger partial charge in [0.25, 0.3) is 0 Å². The van der Waals surface area contributed by atoms with Gasteiger partial charge in [-0.15, -0.1) is 0 Å². The molecule has 0 saturated heterocycles. The van der Waals surface area contributed by atoms with E-state index in [-0.39, 0.29) is 0 Å². The minimum absolute atomic E-state index is 0.551. The summed E-state index contributed by atoms with van der Waals surface area (Å²) < 4.78 is 2.00. The van der Waals surface area contributed by atoms with Gasteiger partial charge in [-0.2, -0.15) is 5.10 Å². The summed E-state index contributed by atoms with van der Waals surface area (Å²) in [4.78, 5) is 4.19. The number of hydrogen-bond donors (Lipinski definition) is 1. The third-order valence-corrected chi connectivity index (χ3v) is 2.37. The Morgan fingerprint density at radius 1 is 1.62 bits per heavy atom. The molecular formula is C9H16N4. The number of aromatic nitrogens is 3. The van der Waals surface area contributed by atoms with Gasteiger partial charge >= 0.3 is 0 Å². The van der Waals surface area contributed by atoms with Crippen molar-refractivity contribution >= 4 is 0 Å². The molecule has 0 amide bonds. The quantitative estimate of drug-likeness (QED) is 0.724. The summed E-state index contributed by atoms with van der Waals surface area (Å²) in [6.07, 6.45) is 3.87. The molecule has 0 radical (unpaired) electrons. The maximum absolute atomic E-state index is 4.19. The second-order valence-electron chi connectivity index (χ2n) is 3.92. The van der Waals surface area contributed by atoms with E-state index in [0.717, 1.165) is 18.8 Å². The van der Waals surface area contributed by atoms with Crippen LogP contribution in [-0.4, -0.2) is 26.8 Å². The predicted octanol–water partition coefficient (Wildman–Crippen LogP) is 0.591. The minimum Gasteiger partial charge on any atom is -0.310 e. The molecule has 2 rings (SSSR count). The van der Waals surface area contributed by atoms with E-state index in [0.29, 0.717) is 12.1 Å². The Kier molecular flexibility index (Phi) is 2.31. The fraction of sp³-hybridized carbons (Fsp3) is 0.778. The molecule has 0 spiro atoms. The first-order valence-corrected chi connectivity index (χ1v) is 4.88. The minimum atomic E-state index is 0.551. The molecule has 1 atom stereocenters. The Morgan fingerprint density at radius 2 is 2.46 bits per heavy atom. The molecule has 2 heterocycles. The maximum atomic E-state index is 4.19. The van der Waals surface area contributed by atoms with Crippen LogP contribution in [0.1, 0.15) is 26.1 Å². The molecule has 1 unspecified atom stereocenters. The van der Waals surface area contributed by atoms with Crippen LogP contribution >= 0.6 is 0 Å². The second-order valence-corrected chi connectivity index (χ2v) is 3.92. The van der Waals surface area contributed by atoms with E-state index < -0.39 is 0 Å². The maximum Gasteiger partial charge on any atom is 0.138 e. The highest BCUT2D eigenvalue weighted by Gasteiger charge is 2.19. The van der Waals surface area contributed by atoms with E-state index in [1.54, 1.807) is 6.33 Å². The van der Waals surface area contributed by atoms with Gasteiger partial charge in [0.05, 0.1) is 6.54 Å². The van der Waals surface area contributed by atoms with Crippen LogP contribution in [-0.2, 0) is 13.0 Å². The van der Waals surface area contributed by atoms with Crippen molar-refractivity contribution in [1.82, 2.24) is 20.1 Å². The summed E-state index contributed by atoms with van der Waals surface area (Å²) in [7, 11) is 0. The van der Waals surface area contributed by atoms with Crippen molar-refractivity contribution < 1.29 is 0 Å². The van der Waals surface area contributed by atoms with Crippen molar-refractivity contribution in [2.24, 2.45) is 0 Å². The predicted molar refractivity (Wildman–Crippen MR) is 50.4 cm³/mol. The topological polar surface area (TPSA) is 42.7 Å². The van der Waals surface area contributed by atoms with Crippen molar-refractivity contribution in [3.8, 4) is 0 Å². The fourth-order valence-electron chi connectivity index (χ4n) is 1.85. The highest BCUT2D eigenvalue weighted by Crippen LogP contribution is 2.11. The largest absolute Gasteiger partial charge is 0.310 e. The van der Waals surface area contributed by atoms with E-state index in [1.165, 1.54) is 6.42 Å². The summed E-state index contributed by atoms with van der Waals surface area (Å²) in [6, 6.07) is 1.12. The smallest absolute Gasteiger partial charge is 0.138 e. The lowest BCUT2D eigenvalue weighted by Crippen LogP contribution is -2.41. The first kappa shape index (κ1) is 8.69. The number of fused-ring (bicyclic) bond motifs is 1. The summed E-state index contributed by atoms with van der Waals surface area (Å²) in [5.41, 5.74) is 0. The van der Waals surface area contributed by atoms with Crippen LogP contribution < -0.4 is 5.32 Å². The van der Waals surface area contributed by atoms with Gasteiger partial charge in [-0.1, -0.05) is 13.8 Å². The Morgan fingerprint density at radius 3 is 3.23 bits per heavy atom. The van der Waals surface area contributed by atoms with Gasteiger partial charge in [-0.05, 0) is 6.42 Å². The summed E-state index contributed by atoms with van der Waals surface area (Å²) in [5, 5.41) is 7.70. The van der Waals surface area contributed by atoms with E-state index in [4.69, 9.17) is 0 Å². The van der Waals surface area contributed by atoms with E-state index >= 15 is 0 Å².